The lowest BCUT2D eigenvalue weighted by Crippen LogP contribution is -2.42. The molecule has 0 spiro atoms. The molecule has 0 amide bonds. The van der Waals surface area contributed by atoms with Crippen LogP contribution in [0.2, 0.25) is 5.02 Å². The number of methoxy groups -OCH3 is 1. The maximum absolute atomic E-state index is 10.9. The molecular weight excluding hydrogens is 467 g/mol. The Morgan fingerprint density at radius 2 is 1.92 bits per heavy atom. The molecule has 0 unspecified atom stereocenters. The SMILES string of the molecule is CN=C(NCCNS(C)(=O)=O)NCCc1ccc(OC)cc1Cl.I. The average molecular weight is 491 g/mol. The highest BCUT2D eigenvalue weighted by Gasteiger charge is 2.04. The van der Waals surface area contributed by atoms with E-state index in [4.69, 9.17) is 16.3 Å². The third-order valence-corrected chi connectivity index (χ3v) is 4.03. The lowest BCUT2D eigenvalue weighted by molar-refractivity contribution is 0.414. The fourth-order valence-corrected chi connectivity index (χ4v) is 2.55. The van der Waals surface area contributed by atoms with E-state index in [1.807, 2.05) is 12.1 Å². The van der Waals surface area contributed by atoms with Crippen LogP contribution in [0.5, 0.6) is 5.75 Å². The Bertz CT molecular complexity index is 641. The number of hydrogen-bond acceptors (Lipinski definition) is 4. The van der Waals surface area contributed by atoms with Gasteiger partial charge in [-0.15, -0.1) is 24.0 Å². The van der Waals surface area contributed by atoms with E-state index >= 15 is 0 Å². The molecule has 0 aliphatic heterocycles. The third-order valence-electron chi connectivity index (χ3n) is 2.95. The molecule has 1 rings (SSSR count). The summed E-state index contributed by atoms with van der Waals surface area (Å²) in [5.74, 6) is 1.33. The zero-order valence-electron chi connectivity index (χ0n) is 13.9. The molecule has 0 saturated carbocycles. The molecule has 7 nitrogen and oxygen atoms in total. The molecule has 10 heteroatoms. The molecular formula is C14H24ClIN4O3S. The van der Waals surface area contributed by atoms with Crippen LogP contribution in [-0.4, -0.2) is 54.4 Å². The fraction of sp³-hybridized carbons (Fsp3) is 0.500. The predicted octanol–water partition coefficient (Wildman–Crippen LogP) is 1.22. The van der Waals surface area contributed by atoms with E-state index in [0.29, 0.717) is 30.6 Å². The van der Waals surface area contributed by atoms with E-state index in [2.05, 4.69) is 20.3 Å². The summed E-state index contributed by atoms with van der Waals surface area (Å²) in [7, 11) is 0.0834. The van der Waals surface area contributed by atoms with Crippen LogP contribution in [0.1, 0.15) is 5.56 Å². The van der Waals surface area contributed by atoms with Crippen LogP contribution >= 0.6 is 35.6 Å². The Morgan fingerprint density at radius 1 is 1.25 bits per heavy atom. The van der Waals surface area contributed by atoms with Crippen molar-refractivity contribution in [3.05, 3.63) is 28.8 Å². The molecule has 1 aromatic carbocycles. The van der Waals surface area contributed by atoms with Crippen LogP contribution in [-0.2, 0) is 16.4 Å². The molecule has 1 aromatic rings. The summed E-state index contributed by atoms with van der Waals surface area (Å²) in [6, 6.07) is 5.57. The van der Waals surface area contributed by atoms with Gasteiger partial charge in [0.25, 0.3) is 0 Å². The minimum atomic E-state index is -3.17. The van der Waals surface area contributed by atoms with Gasteiger partial charge in [0.15, 0.2) is 5.96 Å². The molecule has 0 fully saturated rings. The summed E-state index contributed by atoms with van der Waals surface area (Å²) in [5, 5.41) is 6.82. The zero-order chi connectivity index (χ0) is 17.3. The first-order valence-corrected chi connectivity index (χ1v) is 9.34. The van der Waals surface area contributed by atoms with Gasteiger partial charge >= 0.3 is 0 Å². The van der Waals surface area contributed by atoms with Crippen molar-refractivity contribution < 1.29 is 13.2 Å². The highest BCUT2D eigenvalue weighted by Crippen LogP contribution is 2.22. The van der Waals surface area contributed by atoms with E-state index in [-0.39, 0.29) is 24.0 Å². The van der Waals surface area contributed by atoms with Crippen LogP contribution < -0.4 is 20.1 Å². The number of benzene rings is 1. The number of nitrogens with one attached hydrogen (secondary N) is 3. The summed E-state index contributed by atoms with van der Waals surface area (Å²) < 4.78 is 29.4. The van der Waals surface area contributed by atoms with Crippen LogP contribution in [0.3, 0.4) is 0 Å². The molecule has 0 aromatic heterocycles. The number of rotatable bonds is 8. The molecule has 0 aliphatic rings. The lowest BCUT2D eigenvalue weighted by atomic mass is 10.1. The number of ether oxygens (including phenoxy) is 1. The Hall–Kier alpha value is -0.780. The van der Waals surface area contributed by atoms with Crippen LogP contribution in [0, 0.1) is 0 Å². The van der Waals surface area contributed by atoms with Gasteiger partial charge in [0.05, 0.1) is 13.4 Å². The molecule has 3 N–H and O–H groups in total. The monoisotopic (exact) mass is 490 g/mol. The van der Waals surface area contributed by atoms with E-state index in [1.54, 1.807) is 20.2 Å². The molecule has 24 heavy (non-hydrogen) atoms. The number of sulfonamides is 1. The van der Waals surface area contributed by atoms with Gasteiger partial charge in [0.2, 0.25) is 10.0 Å². The summed E-state index contributed by atoms with van der Waals surface area (Å²) in [6.07, 6.45) is 1.85. The molecule has 0 radical (unpaired) electrons. The summed E-state index contributed by atoms with van der Waals surface area (Å²) in [4.78, 5) is 4.07. The molecule has 0 heterocycles. The van der Waals surface area contributed by atoms with E-state index in [1.165, 1.54) is 0 Å². The van der Waals surface area contributed by atoms with Gasteiger partial charge in [-0.3, -0.25) is 4.99 Å². The highest BCUT2D eigenvalue weighted by molar-refractivity contribution is 14.0. The average Bonchev–Trinajstić information content (AvgIpc) is 2.50. The molecule has 0 saturated heterocycles. The van der Waals surface area contributed by atoms with Crippen molar-refractivity contribution in [2.75, 3.05) is 40.0 Å². The largest absolute Gasteiger partial charge is 0.497 e. The Balaban J connectivity index is 0.00000529. The quantitative estimate of drug-likeness (QED) is 0.221. The first-order valence-electron chi connectivity index (χ1n) is 7.07. The Kier molecular flexibility index (Phi) is 11.3. The molecule has 0 bridgehead atoms. The minimum absolute atomic E-state index is 0. The lowest BCUT2D eigenvalue weighted by Gasteiger charge is -2.12. The second-order valence-corrected chi connectivity index (χ2v) is 7.04. The van der Waals surface area contributed by atoms with Gasteiger partial charge in [-0.2, -0.15) is 0 Å². The highest BCUT2D eigenvalue weighted by atomic mass is 127. The number of halogens is 2. The van der Waals surface area contributed by atoms with Crippen molar-refractivity contribution in [1.29, 1.82) is 0 Å². The normalized spacial score (nSPS) is 11.6. The van der Waals surface area contributed by atoms with Gasteiger partial charge < -0.3 is 15.4 Å². The number of nitrogens with zero attached hydrogens (tertiary/aromatic N) is 1. The van der Waals surface area contributed by atoms with Gasteiger partial charge in [0.1, 0.15) is 5.75 Å². The van der Waals surface area contributed by atoms with E-state index in [9.17, 15) is 8.42 Å². The number of hydrogen-bond donors (Lipinski definition) is 3. The molecule has 138 valence electrons. The molecule has 0 atom stereocenters. The van der Waals surface area contributed by atoms with Crippen molar-refractivity contribution >= 4 is 51.6 Å². The van der Waals surface area contributed by atoms with Gasteiger partial charge in [-0.25, -0.2) is 13.1 Å². The van der Waals surface area contributed by atoms with Crippen molar-refractivity contribution in [2.24, 2.45) is 4.99 Å². The molecule has 0 aliphatic carbocycles. The first-order chi connectivity index (χ1) is 10.9. The van der Waals surface area contributed by atoms with Gasteiger partial charge in [-0.05, 0) is 24.1 Å². The van der Waals surface area contributed by atoms with Gasteiger partial charge in [-0.1, -0.05) is 17.7 Å². The zero-order valence-corrected chi connectivity index (χ0v) is 17.8. The van der Waals surface area contributed by atoms with Crippen molar-refractivity contribution in [2.45, 2.75) is 6.42 Å². The van der Waals surface area contributed by atoms with E-state index in [0.717, 1.165) is 24.0 Å². The van der Waals surface area contributed by atoms with Crippen molar-refractivity contribution in [3.8, 4) is 5.75 Å². The third kappa shape index (κ3) is 9.50. The van der Waals surface area contributed by atoms with Gasteiger partial charge in [0, 0.05) is 31.7 Å². The van der Waals surface area contributed by atoms with E-state index < -0.39 is 10.0 Å². The predicted molar refractivity (Wildman–Crippen MR) is 109 cm³/mol. The second-order valence-electron chi connectivity index (χ2n) is 4.80. The Labute approximate surface area is 165 Å². The van der Waals surface area contributed by atoms with Crippen molar-refractivity contribution in [1.82, 2.24) is 15.4 Å². The smallest absolute Gasteiger partial charge is 0.208 e. The standard InChI is InChI=1S/C14H23ClN4O3S.HI/c1-16-14(18-8-9-19-23(3,20)21)17-7-6-11-4-5-12(22-2)10-13(11)15;/h4-5,10,19H,6-9H2,1-3H3,(H2,16,17,18);1H. The Morgan fingerprint density at radius 3 is 2.46 bits per heavy atom. The summed E-state index contributed by atoms with van der Waals surface area (Å²) in [5.41, 5.74) is 1.01. The topological polar surface area (TPSA) is 91.8 Å². The number of aliphatic imine (C=N–C) groups is 1. The maximum atomic E-state index is 10.9. The summed E-state index contributed by atoms with van der Waals surface area (Å²) in [6.45, 7) is 1.38. The maximum Gasteiger partial charge on any atom is 0.208 e. The van der Waals surface area contributed by atoms with Crippen LogP contribution in [0.15, 0.2) is 23.2 Å². The van der Waals surface area contributed by atoms with Crippen LogP contribution in [0.25, 0.3) is 0 Å². The van der Waals surface area contributed by atoms with Crippen LogP contribution in [0.4, 0.5) is 0 Å². The van der Waals surface area contributed by atoms with Crippen molar-refractivity contribution in [3.63, 3.8) is 0 Å². The fourth-order valence-electron chi connectivity index (χ4n) is 1.81. The second kappa shape index (κ2) is 11.7. The number of guanidine groups is 1. The minimum Gasteiger partial charge on any atom is -0.497 e. The first kappa shape index (κ1) is 23.2. The summed E-state index contributed by atoms with van der Waals surface area (Å²) >= 11 is 6.18.